The zero-order chi connectivity index (χ0) is 8.10. The van der Waals surface area contributed by atoms with Gasteiger partial charge in [0.2, 0.25) is 0 Å². The standard InChI is InChI=1S/C8H9BrO2/c9-6-5-7-1-3-8(11-10)4-2-7/h1-4,10H,5-6H2. The summed E-state index contributed by atoms with van der Waals surface area (Å²) in [5.41, 5.74) is 1.22. The van der Waals surface area contributed by atoms with Gasteiger partial charge in [0.15, 0.2) is 5.75 Å². The highest BCUT2D eigenvalue weighted by Gasteiger charge is 1.92. The average molecular weight is 217 g/mol. The number of rotatable bonds is 3. The average Bonchev–Trinajstić information content (AvgIpc) is 2.07. The van der Waals surface area contributed by atoms with E-state index in [4.69, 9.17) is 5.26 Å². The molecule has 0 amide bonds. The SMILES string of the molecule is OOc1ccc(CCBr)cc1. The first-order valence-corrected chi connectivity index (χ1v) is 4.45. The Labute approximate surface area is 73.9 Å². The third-order valence-electron chi connectivity index (χ3n) is 1.41. The fourth-order valence-electron chi connectivity index (χ4n) is 0.826. The molecule has 0 aliphatic carbocycles. The Morgan fingerprint density at radius 3 is 2.36 bits per heavy atom. The summed E-state index contributed by atoms with van der Waals surface area (Å²) in [7, 11) is 0. The van der Waals surface area contributed by atoms with E-state index >= 15 is 0 Å². The summed E-state index contributed by atoms with van der Waals surface area (Å²) in [5, 5.41) is 9.20. The maximum atomic E-state index is 8.25. The monoisotopic (exact) mass is 216 g/mol. The van der Waals surface area contributed by atoms with Crippen LogP contribution >= 0.6 is 15.9 Å². The zero-order valence-electron chi connectivity index (χ0n) is 5.96. The summed E-state index contributed by atoms with van der Waals surface area (Å²) in [5.74, 6) is 0.475. The van der Waals surface area contributed by atoms with Crippen LogP contribution in [0.25, 0.3) is 0 Å². The van der Waals surface area contributed by atoms with Gasteiger partial charge in [-0.05, 0) is 24.1 Å². The van der Waals surface area contributed by atoms with Crippen molar-refractivity contribution in [3.63, 3.8) is 0 Å². The van der Waals surface area contributed by atoms with Crippen LogP contribution in [0.4, 0.5) is 0 Å². The zero-order valence-corrected chi connectivity index (χ0v) is 7.54. The fourth-order valence-corrected chi connectivity index (χ4v) is 1.28. The third kappa shape index (κ3) is 2.52. The molecule has 0 spiro atoms. The second-order valence-corrected chi connectivity index (χ2v) is 2.97. The Balaban J connectivity index is 2.66. The second kappa shape index (κ2) is 4.36. The van der Waals surface area contributed by atoms with Crippen molar-refractivity contribution in [1.29, 1.82) is 0 Å². The molecule has 2 nitrogen and oxygen atoms in total. The second-order valence-electron chi connectivity index (χ2n) is 2.17. The molecule has 0 fully saturated rings. The number of aryl methyl sites for hydroxylation is 1. The summed E-state index contributed by atoms with van der Waals surface area (Å²) in [4.78, 5) is 4.04. The van der Waals surface area contributed by atoms with Crippen molar-refractivity contribution < 1.29 is 10.1 Å². The van der Waals surface area contributed by atoms with Gasteiger partial charge in [-0.25, -0.2) is 5.26 Å². The first-order chi connectivity index (χ1) is 5.36. The van der Waals surface area contributed by atoms with E-state index in [1.54, 1.807) is 12.1 Å². The minimum Gasteiger partial charge on any atom is -0.340 e. The lowest BCUT2D eigenvalue weighted by Gasteiger charge is -1.98. The van der Waals surface area contributed by atoms with Gasteiger partial charge in [-0.1, -0.05) is 28.1 Å². The Kier molecular flexibility index (Phi) is 3.39. The Hall–Kier alpha value is -0.540. The van der Waals surface area contributed by atoms with E-state index in [0.29, 0.717) is 5.75 Å². The minimum absolute atomic E-state index is 0.475. The summed E-state index contributed by atoms with van der Waals surface area (Å²) < 4.78 is 0. The quantitative estimate of drug-likeness (QED) is 0.478. The smallest absolute Gasteiger partial charge is 0.165 e. The van der Waals surface area contributed by atoms with Gasteiger partial charge in [0.25, 0.3) is 0 Å². The van der Waals surface area contributed by atoms with E-state index in [1.807, 2.05) is 12.1 Å². The van der Waals surface area contributed by atoms with Gasteiger partial charge in [-0.3, -0.25) is 0 Å². The van der Waals surface area contributed by atoms with Gasteiger partial charge in [0.1, 0.15) is 0 Å². The number of hydrogen-bond acceptors (Lipinski definition) is 2. The molecule has 0 atom stereocenters. The van der Waals surface area contributed by atoms with E-state index in [-0.39, 0.29) is 0 Å². The van der Waals surface area contributed by atoms with Crippen molar-refractivity contribution in [1.82, 2.24) is 0 Å². The van der Waals surface area contributed by atoms with Crippen molar-refractivity contribution in [2.75, 3.05) is 5.33 Å². The third-order valence-corrected chi connectivity index (χ3v) is 1.81. The van der Waals surface area contributed by atoms with Gasteiger partial charge in [0.05, 0.1) is 0 Å². The van der Waals surface area contributed by atoms with Gasteiger partial charge in [-0.2, -0.15) is 0 Å². The summed E-state index contributed by atoms with van der Waals surface area (Å²) >= 11 is 3.34. The van der Waals surface area contributed by atoms with Crippen molar-refractivity contribution >= 4 is 15.9 Å². The predicted octanol–water partition coefficient (Wildman–Crippen LogP) is 2.48. The van der Waals surface area contributed by atoms with Gasteiger partial charge in [-0.15, -0.1) is 0 Å². The van der Waals surface area contributed by atoms with Crippen molar-refractivity contribution in [3.05, 3.63) is 29.8 Å². The van der Waals surface area contributed by atoms with Crippen LogP contribution in [0.5, 0.6) is 5.75 Å². The molecule has 0 aromatic heterocycles. The molecule has 0 saturated carbocycles. The number of halogens is 1. The van der Waals surface area contributed by atoms with Crippen molar-refractivity contribution in [2.45, 2.75) is 6.42 Å². The van der Waals surface area contributed by atoms with Crippen LogP contribution in [-0.2, 0) is 6.42 Å². The van der Waals surface area contributed by atoms with Crippen molar-refractivity contribution in [2.24, 2.45) is 0 Å². The molecule has 1 rings (SSSR count). The van der Waals surface area contributed by atoms with Crippen molar-refractivity contribution in [3.8, 4) is 5.75 Å². The van der Waals surface area contributed by atoms with E-state index in [2.05, 4.69) is 20.8 Å². The molecule has 60 valence electrons. The summed E-state index contributed by atoms with van der Waals surface area (Å²) in [6.45, 7) is 0. The molecule has 0 unspecified atom stereocenters. The number of hydrogen-bond donors (Lipinski definition) is 1. The molecule has 0 saturated heterocycles. The van der Waals surface area contributed by atoms with E-state index in [0.717, 1.165) is 11.8 Å². The van der Waals surface area contributed by atoms with E-state index < -0.39 is 0 Å². The van der Waals surface area contributed by atoms with Gasteiger partial charge >= 0.3 is 0 Å². The molecule has 1 aromatic carbocycles. The number of benzene rings is 1. The maximum Gasteiger partial charge on any atom is 0.165 e. The Bertz CT molecular complexity index is 208. The molecule has 1 aromatic rings. The molecular formula is C8H9BrO2. The Morgan fingerprint density at radius 2 is 1.91 bits per heavy atom. The minimum atomic E-state index is 0.475. The van der Waals surface area contributed by atoms with Crippen LogP contribution in [0.3, 0.4) is 0 Å². The molecule has 0 aliphatic rings. The summed E-state index contributed by atoms with van der Waals surface area (Å²) in [6, 6.07) is 7.32. The first-order valence-electron chi connectivity index (χ1n) is 3.33. The highest BCUT2D eigenvalue weighted by molar-refractivity contribution is 9.09. The van der Waals surface area contributed by atoms with Crippen LogP contribution in [0, 0.1) is 0 Å². The molecule has 11 heavy (non-hydrogen) atoms. The molecule has 0 aliphatic heterocycles. The molecule has 0 bridgehead atoms. The molecule has 0 heterocycles. The molecular weight excluding hydrogens is 208 g/mol. The fraction of sp³-hybridized carbons (Fsp3) is 0.250. The van der Waals surface area contributed by atoms with Crippen LogP contribution < -0.4 is 4.89 Å². The van der Waals surface area contributed by atoms with Crippen LogP contribution in [0.15, 0.2) is 24.3 Å². The highest BCUT2D eigenvalue weighted by Crippen LogP contribution is 2.11. The Morgan fingerprint density at radius 1 is 1.27 bits per heavy atom. The van der Waals surface area contributed by atoms with Gasteiger partial charge < -0.3 is 4.89 Å². The summed E-state index contributed by atoms with van der Waals surface area (Å²) in [6.07, 6.45) is 0.992. The lowest BCUT2D eigenvalue weighted by Crippen LogP contribution is -1.87. The van der Waals surface area contributed by atoms with Crippen LogP contribution in [-0.4, -0.2) is 10.6 Å². The van der Waals surface area contributed by atoms with E-state index in [1.165, 1.54) is 5.56 Å². The van der Waals surface area contributed by atoms with E-state index in [9.17, 15) is 0 Å². The number of alkyl halides is 1. The maximum absolute atomic E-state index is 8.25. The normalized spacial score (nSPS) is 9.64. The van der Waals surface area contributed by atoms with Gasteiger partial charge in [0, 0.05) is 5.33 Å². The molecule has 3 heteroatoms. The topological polar surface area (TPSA) is 29.5 Å². The lowest BCUT2D eigenvalue weighted by molar-refractivity contribution is -0.137. The van der Waals surface area contributed by atoms with Crippen LogP contribution in [0.2, 0.25) is 0 Å². The van der Waals surface area contributed by atoms with Crippen LogP contribution in [0.1, 0.15) is 5.56 Å². The largest absolute Gasteiger partial charge is 0.340 e. The predicted molar refractivity (Wildman–Crippen MR) is 47.2 cm³/mol. The molecule has 1 N–H and O–H groups in total. The lowest BCUT2D eigenvalue weighted by atomic mass is 10.2. The molecule has 0 radical (unpaired) electrons. The first kappa shape index (κ1) is 8.56. The highest BCUT2D eigenvalue weighted by atomic mass is 79.9.